The molecule has 8 nitrogen and oxygen atoms in total. The van der Waals surface area contributed by atoms with Crippen LogP contribution in [0.4, 0.5) is 0 Å². The lowest BCUT2D eigenvalue weighted by Gasteiger charge is -2.30. The summed E-state index contributed by atoms with van der Waals surface area (Å²) in [6, 6.07) is -0.796. The summed E-state index contributed by atoms with van der Waals surface area (Å²) < 4.78 is 23.4. The van der Waals surface area contributed by atoms with Crippen LogP contribution in [-0.2, 0) is 18.4 Å². The van der Waals surface area contributed by atoms with E-state index in [1.165, 1.54) is 250 Å². The van der Waals surface area contributed by atoms with E-state index in [2.05, 4.69) is 31.3 Å². The second-order valence-electron chi connectivity index (χ2n) is 22.4. The normalized spacial score (nSPS) is 13.9. The van der Waals surface area contributed by atoms with Gasteiger partial charge in [-0.25, -0.2) is 0 Å². The molecule has 0 fully saturated rings. The number of hydrogen-bond acceptors (Lipinski definition) is 6. The van der Waals surface area contributed by atoms with Gasteiger partial charge < -0.3 is 28.8 Å². The van der Waals surface area contributed by atoms with Gasteiger partial charge in [-0.3, -0.25) is 9.36 Å². The lowest BCUT2D eigenvalue weighted by molar-refractivity contribution is -0.870. The highest BCUT2D eigenvalue weighted by molar-refractivity contribution is 7.45. The fourth-order valence-electron chi connectivity index (χ4n) is 9.45. The molecule has 1 amide bonds. The highest BCUT2D eigenvalue weighted by Crippen LogP contribution is 2.38. The van der Waals surface area contributed by atoms with Gasteiger partial charge in [-0.1, -0.05) is 283 Å². The van der Waals surface area contributed by atoms with Gasteiger partial charge in [0, 0.05) is 6.42 Å². The molecule has 69 heavy (non-hydrogen) atoms. The molecular weight excluding hydrogens is 876 g/mol. The van der Waals surface area contributed by atoms with E-state index in [4.69, 9.17) is 9.05 Å². The maximum atomic E-state index is 13.0. The maximum absolute atomic E-state index is 13.0. The Hall–Kier alpha value is -0.760. The van der Waals surface area contributed by atoms with Gasteiger partial charge in [-0.2, -0.15) is 0 Å². The fourth-order valence-corrected chi connectivity index (χ4v) is 10.2. The van der Waals surface area contributed by atoms with E-state index in [0.717, 1.165) is 38.5 Å². The number of carbonyl (C=O) groups excluding carboxylic acids is 1. The van der Waals surface area contributed by atoms with Crippen LogP contribution in [0, 0.1) is 0 Å². The number of unbranched alkanes of at least 4 members (excludes halogenated alkanes) is 42. The number of rotatable bonds is 57. The number of phosphoric ester groups is 1. The number of aliphatic hydroxyl groups excluding tert-OH is 1. The van der Waals surface area contributed by atoms with Gasteiger partial charge in [0.2, 0.25) is 5.91 Å². The van der Waals surface area contributed by atoms with E-state index in [0.29, 0.717) is 23.9 Å². The molecule has 3 unspecified atom stereocenters. The van der Waals surface area contributed by atoms with Crippen molar-refractivity contribution in [1.29, 1.82) is 0 Å². The van der Waals surface area contributed by atoms with Gasteiger partial charge >= 0.3 is 0 Å². The van der Waals surface area contributed by atoms with E-state index in [1.807, 2.05) is 21.1 Å². The van der Waals surface area contributed by atoms with Crippen LogP contribution in [0.1, 0.15) is 316 Å². The molecule has 0 aliphatic heterocycles. The number of allylic oxidation sites excluding steroid dienone is 2. The number of nitrogens with zero attached hydrogens (tertiary/aromatic N) is 1. The number of carbonyl (C=O) groups is 1. The minimum Gasteiger partial charge on any atom is -0.756 e. The summed E-state index contributed by atoms with van der Waals surface area (Å²) in [6.07, 6.45) is 64.2. The van der Waals surface area contributed by atoms with Gasteiger partial charge in [0.15, 0.2) is 0 Å². The number of likely N-dealkylation sites (N-methyl/N-ethyl adjacent to an activating group) is 1. The Morgan fingerprint density at radius 2 is 0.797 bits per heavy atom. The Morgan fingerprint density at radius 3 is 1.13 bits per heavy atom. The van der Waals surface area contributed by atoms with E-state index in [9.17, 15) is 19.4 Å². The Labute approximate surface area is 431 Å². The average molecular weight is 998 g/mol. The van der Waals surface area contributed by atoms with Crippen molar-refractivity contribution in [3.63, 3.8) is 0 Å². The smallest absolute Gasteiger partial charge is 0.268 e. The molecule has 412 valence electrons. The number of hydrogen-bond donors (Lipinski definition) is 2. The summed E-state index contributed by atoms with van der Waals surface area (Å²) in [4.78, 5) is 25.5. The zero-order valence-electron chi connectivity index (χ0n) is 47.0. The second kappa shape index (κ2) is 52.1. The minimum absolute atomic E-state index is 0.0151. The van der Waals surface area contributed by atoms with Gasteiger partial charge in [0.25, 0.3) is 7.82 Å². The van der Waals surface area contributed by atoms with Crippen LogP contribution in [0.2, 0.25) is 0 Å². The molecule has 0 bridgehead atoms. The molecule has 0 aromatic rings. The summed E-state index contributed by atoms with van der Waals surface area (Å²) in [5.74, 6) is -0.160. The van der Waals surface area contributed by atoms with Crippen LogP contribution in [0.5, 0.6) is 0 Å². The first-order valence-electron chi connectivity index (χ1n) is 30.5. The quantitative estimate of drug-likeness (QED) is 0.0272. The van der Waals surface area contributed by atoms with Crippen molar-refractivity contribution in [3.05, 3.63) is 12.2 Å². The molecule has 0 aliphatic rings. The lowest BCUT2D eigenvalue weighted by Crippen LogP contribution is -2.46. The third-order valence-electron chi connectivity index (χ3n) is 14.3. The number of nitrogens with one attached hydrogen (secondary N) is 1. The summed E-state index contributed by atoms with van der Waals surface area (Å²) in [7, 11) is 1.32. The van der Waals surface area contributed by atoms with Crippen LogP contribution in [-0.4, -0.2) is 68.5 Å². The average Bonchev–Trinajstić information content (AvgIpc) is 3.31. The summed E-state index contributed by atoms with van der Waals surface area (Å²) in [6.45, 7) is 4.75. The first kappa shape index (κ1) is 68.2. The van der Waals surface area contributed by atoms with Gasteiger partial charge in [0.05, 0.1) is 39.9 Å². The summed E-state index contributed by atoms with van der Waals surface area (Å²) >= 11 is 0. The Bertz CT molecular complexity index is 1130. The Morgan fingerprint density at radius 1 is 0.493 bits per heavy atom. The molecule has 9 heteroatoms. The number of quaternary nitrogens is 1. The number of phosphoric acid groups is 1. The van der Waals surface area contributed by atoms with E-state index < -0.39 is 20.0 Å². The molecule has 0 spiro atoms. The SMILES string of the molecule is CCCCCCCCCCCCCCCC/C=C\CCCCCCCCCCCCCCCCCCCC(=O)NC(COP(=O)([O-])OCC[N+](C)(C)C)C(O)CCCCCCCCCCCCCC. The zero-order chi connectivity index (χ0) is 50.6. The van der Waals surface area contributed by atoms with Gasteiger partial charge in [0.1, 0.15) is 13.2 Å². The molecule has 0 rings (SSSR count). The molecule has 0 saturated carbocycles. The van der Waals surface area contributed by atoms with Crippen molar-refractivity contribution in [3.8, 4) is 0 Å². The van der Waals surface area contributed by atoms with Crippen LogP contribution in [0.25, 0.3) is 0 Å². The predicted molar refractivity (Wildman–Crippen MR) is 298 cm³/mol. The molecule has 0 radical (unpaired) electrons. The van der Waals surface area contributed by atoms with Crippen molar-refractivity contribution in [1.82, 2.24) is 5.32 Å². The maximum Gasteiger partial charge on any atom is 0.268 e. The molecule has 0 heterocycles. The topological polar surface area (TPSA) is 108 Å². The van der Waals surface area contributed by atoms with Crippen molar-refractivity contribution in [2.24, 2.45) is 0 Å². The number of aliphatic hydroxyl groups is 1. The van der Waals surface area contributed by atoms with Crippen molar-refractivity contribution in [2.45, 2.75) is 328 Å². The largest absolute Gasteiger partial charge is 0.756 e. The molecule has 0 aromatic carbocycles. The zero-order valence-corrected chi connectivity index (χ0v) is 47.9. The molecule has 3 atom stereocenters. The van der Waals surface area contributed by atoms with Crippen LogP contribution < -0.4 is 10.2 Å². The summed E-state index contributed by atoms with van der Waals surface area (Å²) in [5.41, 5.74) is 0. The Balaban J connectivity index is 3.88. The first-order valence-corrected chi connectivity index (χ1v) is 32.0. The first-order chi connectivity index (χ1) is 33.5. The molecule has 0 aromatic heterocycles. The van der Waals surface area contributed by atoms with Gasteiger partial charge in [-0.15, -0.1) is 0 Å². The Kier molecular flexibility index (Phi) is 51.5. The minimum atomic E-state index is -4.56. The van der Waals surface area contributed by atoms with Crippen molar-refractivity contribution in [2.75, 3.05) is 40.9 Å². The third kappa shape index (κ3) is 54.8. The van der Waals surface area contributed by atoms with Gasteiger partial charge in [-0.05, 0) is 38.5 Å². The van der Waals surface area contributed by atoms with Crippen LogP contribution in [0.15, 0.2) is 12.2 Å². The highest BCUT2D eigenvalue weighted by Gasteiger charge is 2.24. The van der Waals surface area contributed by atoms with E-state index in [-0.39, 0.29) is 19.1 Å². The highest BCUT2D eigenvalue weighted by atomic mass is 31.2. The molecule has 0 aliphatic carbocycles. The molecule has 2 N–H and O–H groups in total. The predicted octanol–water partition coefficient (Wildman–Crippen LogP) is 18.0. The molecule has 0 saturated heterocycles. The second-order valence-corrected chi connectivity index (χ2v) is 23.8. The molecular formula is C60H121N2O6P. The van der Waals surface area contributed by atoms with Crippen molar-refractivity contribution < 1.29 is 32.9 Å². The van der Waals surface area contributed by atoms with Crippen LogP contribution >= 0.6 is 7.82 Å². The summed E-state index contributed by atoms with van der Waals surface area (Å²) in [5, 5.41) is 14.0. The third-order valence-corrected chi connectivity index (χ3v) is 15.2. The van der Waals surface area contributed by atoms with E-state index >= 15 is 0 Å². The van der Waals surface area contributed by atoms with Crippen molar-refractivity contribution >= 4 is 13.7 Å². The van der Waals surface area contributed by atoms with E-state index in [1.54, 1.807) is 0 Å². The number of amides is 1. The monoisotopic (exact) mass is 997 g/mol. The standard InChI is InChI=1S/C60H121N2O6P/c1-6-8-10-12-14-16-18-20-21-22-23-24-25-26-27-28-29-30-31-32-33-34-35-36-37-38-39-40-41-42-44-46-48-50-52-54-60(64)61-58(57-68-69(65,66)67-56-55-62(3,4)5)59(63)53-51-49-47-45-43-19-17-15-13-11-9-7-2/h28-29,58-59,63H,6-27,30-57H2,1-5H3,(H-,61,64,65,66)/b29-28-. The van der Waals surface area contributed by atoms with Crippen LogP contribution in [0.3, 0.4) is 0 Å². The fraction of sp³-hybridized carbons (Fsp3) is 0.950. The lowest BCUT2D eigenvalue weighted by atomic mass is 10.0.